The summed E-state index contributed by atoms with van der Waals surface area (Å²) in [6.45, 7) is 8.08. The maximum atomic E-state index is 9.39. The van der Waals surface area contributed by atoms with Gasteiger partial charge in [-0.2, -0.15) is 0 Å². The van der Waals surface area contributed by atoms with Crippen molar-refractivity contribution in [2.45, 2.75) is 52.6 Å². The molecule has 1 N–H and O–H groups in total. The van der Waals surface area contributed by atoms with E-state index in [1.807, 2.05) is 26.0 Å². The summed E-state index contributed by atoms with van der Waals surface area (Å²) in [5, 5.41) is 9.39. The predicted octanol–water partition coefficient (Wildman–Crippen LogP) is 3.49. The van der Waals surface area contributed by atoms with Crippen LogP contribution in [0.1, 0.15) is 51.1 Å². The van der Waals surface area contributed by atoms with Crippen LogP contribution in [0.2, 0.25) is 0 Å². The van der Waals surface area contributed by atoms with Crippen LogP contribution in [0.25, 0.3) is 0 Å². The molecule has 86 valence electrons. The molecule has 15 heavy (non-hydrogen) atoms. The summed E-state index contributed by atoms with van der Waals surface area (Å²) < 4.78 is 5.58. The molecule has 3 atom stereocenters. The van der Waals surface area contributed by atoms with Gasteiger partial charge in [-0.1, -0.05) is 13.8 Å². The minimum absolute atomic E-state index is 0.212. The van der Waals surface area contributed by atoms with Crippen molar-refractivity contribution >= 4 is 0 Å². The zero-order valence-corrected chi connectivity index (χ0v) is 10.2. The third-order valence-electron chi connectivity index (χ3n) is 3.13. The van der Waals surface area contributed by atoms with Gasteiger partial charge in [-0.3, -0.25) is 0 Å². The van der Waals surface area contributed by atoms with Gasteiger partial charge in [0.15, 0.2) is 0 Å². The van der Waals surface area contributed by atoms with Gasteiger partial charge < -0.3 is 9.52 Å². The number of aliphatic hydroxyl groups is 1. The Morgan fingerprint density at radius 1 is 1.20 bits per heavy atom. The molecule has 0 amide bonds. The van der Waals surface area contributed by atoms with E-state index in [-0.39, 0.29) is 6.10 Å². The standard InChI is InChI=1S/C13H22O2/c1-9(12(4)14)5-6-10(2)13-8-7-11(3)15-13/h7-10,12,14H,5-6H2,1-4H3. The molecule has 1 aromatic heterocycles. The van der Waals surface area contributed by atoms with Gasteiger partial charge in [-0.15, -0.1) is 0 Å². The minimum atomic E-state index is -0.212. The van der Waals surface area contributed by atoms with Crippen molar-refractivity contribution in [3.8, 4) is 0 Å². The Balaban J connectivity index is 2.39. The van der Waals surface area contributed by atoms with Crippen molar-refractivity contribution in [1.29, 1.82) is 0 Å². The van der Waals surface area contributed by atoms with E-state index in [4.69, 9.17) is 4.42 Å². The fourth-order valence-electron chi connectivity index (χ4n) is 1.61. The lowest BCUT2D eigenvalue weighted by atomic mass is 9.94. The van der Waals surface area contributed by atoms with Gasteiger partial charge in [0, 0.05) is 5.92 Å². The monoisotopic (exact) mass is 210 g/mol. The Morgan fingerprint density at radius 2 is 1.87 bits per heavy atom. The molecule has 1 heterocycles. The van der Waals surface area contributed by atoms with Crippen molar-refractivity contribution in [1.82, 2.24) is 0 Å². The third-order valence-corrected chi connectivity index (χ3v) is 3.13. The van der Waals surface area contributed by atoms with Gasteiger partial charge >= 0.3 is 0 Å². The molecule has 2 heteroatoms. The van der Waals surface area contributed by atoms with E-state index >= 15 is 0 Å². The minimum Gasteiger partial charge on any atom is -0.466 e. The Bertz CT molecular complexity index is 288. The van der Waals surface area contributed by atoms with E-state index < -0.39 is 0 Å². The zero-order chi connectivity index (χ0) is 11.4. The first-order chi connectivity index (χ1) is 7.00. The van der Waals surface area contributed by atoms with Crippen LogP contribution in [0.3, 0.4) is 0 Å². The summed E-state index contributed by atoms with van der Waals surface area (Å²) in [5.41, 5.74) is 0. The Hall–Kier alpha value is -0.760. The molecule has 1 rings (SSSR count). The summed E-state index contributed by atoms with van der Waals surface area (Å²) >= 11 is 0. The topological polar surface area (TPSA) is 33.4 Å². The van der Waals surface area contributed by atoms with Crippen molar-refractivity contribution in [2.75, 3.05) is 0 Å². The van der Waals surface area contributed by atoms with Crippen LogP contribution in [0.15, 0.2) is 16.5 Å². The second-order valence-corrected chi connectivity index (χ2v) is 4.64. The first-order valence-corrected chi connectivity index (χ1v) is 5.75. The van der Waals surface area contributed by atoms with Gasteiger partial charge in [0.05, 0.1) is 6.10 Å². The number of hydrogen-bond acceptors (Lipinski definition) is 2. The Kier molecular flexibility index (Phi) is 4.40. The highest BCUT2D eigenvalue weighted by Crippen LogP contribution is 2.25. The molecule has 0 saturated carbocycles. The SMILES string of the molecule is Cc1ccc(C(C)CCC(C)C(C)O)o1. The summed E-state index contributed by atoms with van der Waals surface area (Å²) in [7, 11) is 0. The second kappa shape index (κ2) is 5.36. The number of rotatable bonds is 5. The van der Waals surface area contributed by atoms with Crippen LogP contribution in [0.4, 0.5) is 0 Å². The molecule has 0 aliphatic carbocycles. The maximum Gasteiger partial charge on any atom is 0.106 e. The summed E-state index contributed by atoms with van der Waals surface area (Å²) in [6, 6.07) is 4.05. The molecular formula is C13H22O2. The number of aryl methyl sites for hydroxylation is 1. The van der Waals surface area contributed by atoms with Gasteiger partial charge in [0.1, 0.15) is 11.5 Å². The van der Waals surface area contributed by atoms with Gasteiger partial charge in [0.25, 0.3) is 0 Å². The maximum absolute atomic E-state index is 9.39. The van der Waals surface area contributed by atoms with Crippen molar-refractivity contribution in [2.24, 2.45) is 5.92 Å². The molecule has 0 radical (unpaired) electrons. The molecule has 0 spiro atoms. The van der Waals surface area contributed by atoms with Gasteiger partial charge in [-0.05, 0) is 44.7 Å². The molecule has 1 aromatic rings. The average molecular weight is 210 g/mol. The second-order valence-electron chi connectivity index (χ2n) is 4.64. The van der Waals surface area contributed by atoms with Crippen LogP contribution in [0.5, 0.6) is 0 Å². The predicted molar refractivity (Wildman–Crippen MR) is 61.9 cm³/mol. The third kappa shape index (κ3) is 3.71. The molecule has 0 aromatic carbocycles. The van der Waals surface area contributed by atoms with E-state index in [1.165, 1.54) is 0 Å². The lowest BCUT2D eigenvalue weighted by Crippen LogP contribution is -2.13. The number of furan rings is 1. The van der Waals surface area contributed by atoms with E-state index in [0.29, 0.717) is 11.8 Å². The lowest BCUT2D eigenvalue weighted by molar-refractivity contribution is 0.127. The van der Waals surface area contributed by atoms with Crippen molar-refractivity contribution in [3.63, 3.8) is 0 Å². The zero-order valence-electron chi connectivity index (χ0n) is 10.2. The lowest BCUT2D eigenvalue weighted by Gasteiger charge is -2.16. The van der Waals surface area contributed by atoms with E-state index in [1.54, 1.807) is 0 Å². The van der Waals surface area contributed by atoms with Crippen LogP contribution in [0, 0.1) is 12.8 Å². The molecule has 0 saturated heterocycles. The van der Waals surface area contributed by atoms with E-state index in [2.05, 4.69) is 13.8 Å². The first-order valence-electron chi connectivity index (χ1n) is 5.75. The fraction of sp³-hybridized carbons (Fsp3) is 0.692. The van der Waals surface area contributed by atoms with Crippen molar-refractivity contribution < 1.29 is 9.52 Å². The normalized spacial score (nSPS) is 17.4. The Morgan fingerprint density at radius 3 is 2.33 bits per heavy atom. The molecular weight excluding hydrogens is 188 g/mol. The fourth-order valence-corrected chi connectivity index (χ4v) is 1.61. The summed E-state index contributed by atoms with van der Waals surface area (Å²) in [6.07, 6.45) is 1.90. The highest BCUT2D eigenvalue weighted by atomic mass is 16.3. The molecule has 3 unspecified atom stereocenters. The van der Waals surface area contributed by atoms with Crippen LogP contribution in [-0.4, -0.2) is 11.2 Å². The highest BCUT2D eigenvalue weighted by molar-refractivity contribution is 5.09. The number of aliphatic hydroxyl groups excluding tert-OH is 1. The van der Waals surface area contributed by atoms with Crippen molar-refractivity contribution in [3.05, 3.63) is 23.7 Å². The average Bonchev–Trinajstić information content (AvgIpc) is 2.60. The summed E-state index contributed by atoms with van der Waals surface area (Å²) in [5.74, 6) is 2.84. The largest absolute Gasteiger partial charge is 0.466 e. The van der Waals surface area contributed by atoms with E-state index in [9.17, 15) is 5.11 Å². The van der Waals surface area contributed by atoms with Crippen LogP contribution >= 0.6 is 0 Å². The van der Waals surface area contributed by atoms with Gasteiger partial charge in [-0.25, -0.2) is 0 Å². The highest BCUT2D eigenvalue weighted by Gasteiger charge is 2.14. The van der Waals surface area contributed by atoms with Crippen LogP contribution in [-0.2, 0) is 0 Å². The van der Waals surface area contributed by atoms with E-state index in [0.717, 1.165) is 24.4 Å². The molecule has 0 aliphatic heterocycles. The number of hydrogen-bond donors (Lipinski definition) is 1. The first kappa shape index (κ1) is 12.3. The molecule has 0 bridgehead atoms. The molecule has 0 fully saturated rings. The quantitative estimate of drug-likeness (QED) is 0.807. The van der Waals surface area contributed by atoms with Gasteiger partial charge in [0.2, 0.25) is 0 Å². The summed E-state index contributed by atoms with van der Waals surface area (Å²) in [4.78, 5) is 0. The molecule has 0 aliphatic rings. The smallest absolute Gasteiger partial charge is 0.106 e. The molecule has 2 nitrogen and oxygen atoms in total. The van der Waals surface area contributed by atoms with Crippen LogP contribution < -0.4 is 0 Å². The Labute approximate surface area is 92.3 Å².